The quantitative estimate of drug-likeness (QED) is 0.477. The zero-order chi connectivity index (χ0) is 24.5. The van der Waals surface area contributed by atoms with Crippen molar-refractivity contribution in [1.82, 2.24) is 9.88 Å². The van der Waals surface area contributed by atoms with Gasteiger partial charge < -0.3 is 24.5 Å². The molecule has 1 saturated carbocycles. The Bertz CT molecular complexity index is 1310. The fourth-order valence-corrected chi connectivity index (χ4v) is 4.50. The molecule has 2 atom stereocenters. The number of pyridine rings is 1. The van der Waals surface area contributed by atoms with Crippen LogP contribution in [0.2, 0.25) is 0 Å². The summed E-state index contributed by atoms with van der Waals surface area (Å²) in [5, 5.41) is 12.4. The van der Waals surface area contributed by atoms with Crippen LogP contribution in [0.5, 0.6) is 5.75 Å². The summed E-state index contributed by atoms with van der Waals surface area (Å²) in [4.78, 5) is 26.0. The summed E-state index contributed by atoms with van der Waals surface area (Å²) in [6, 6.07) is 9.66. The lowest BCUT2D eigenvalue weighted by molar-refractivity contribution is 0.0470. The highest BCUT2D eigenvalue weighted by atomic mass is 19.2. The molecule has 2 aliphatic rings. The average molecular weight is 484 g/mol. The minimum Gasteiger partial charge on any atom is -0.487 e. The highest BCUT2D eigenvalue weighted by Crippen LogP contribution is 2.40. The molecule has 1 unspecified atom stereocenters. The Labute approximate surface area is 200 Å². The second-order valence-electron chi connectivity index (χ2n) is 9.17. The van der Waals surface area contributed by atoms with Crippen molar-refractivity contribution in [2.45, 2.75) is 38.0 Å². The van der Waals surface area contributed by atoms with Crippen molar-refractivity contribution in [2.75, 3.05) is 19.8 Å². The van der Waals surface area contributed by atoms with Crippen molar-refractivity contribution in [3.8, 4) is 5.75 Å². The van der Waals surface area contributed by atoms with Gasteiger partial charge in [-0.05, 0) is 36.8 Å². The van der Waals surface area contributed by atoms with Gasteiger partial charge in [-0.15, -0.1) is 0 Å². The van der Waals surface area contributed by atoms with Crippen LogP contribution in [-0.2, 0) is 11.3 Å². The van der Waals surface area contributed by atoms with Crippen LogP contribution in [0.4, 0.5) is 8.78 Å². The number of carbonyl (C=O) groups is 1. The Balaban J connectivity index is 1.50. The summed E-state index contributed by atoms with van der Waals surface area (Å²) in [7, 11) is 0. The maximum absolute atomic E-state index is 14.9. The smallest absolute Gasteiger partial charge is 0.343 e. The van der Waals surface area contributed by atoms with Crippen LogP contribution in [0.1, 0.15) is 41.2 Å². The number of esters is 1. The Kier molecular flexibility index (Phi) is 6.53. The molecule has 2 aromatic carbocycles. The van der Waals surface area contributed by atoms with Crippen LogP contribution in [0, 0.1) is 17.6 Å². The number of aliphatic hydroxyl groups is 1. The predicted octanol–water partition coefficient (Wildman–Crippen LogP) is 3.32. The molecule has 1 aliphatic carbocycles. The standard InChI is InChI=1S/C26H26F2N2O5/c27-21-9-19-23(25(22(21)28)34-14-17-8-16(12-31)10-29-17)30(18-6-7-18)11-20(24(19)32)26(33)35-13-15-4-2-1-3-5-15/h1-5,9,11,16-18,29,31H,6-8,10,12-14H2/t16?,17-/m0/s1. The van der Waals surface area contributed by atoms with Crippen LogP contribution >= 0.6 is 0 Å². The van der Waals surface area contributed by atoms with E-state index in [1.165, 1.54) is 6.20 Å². The van der Waals surface area contributed by atoms with Crippen LogP contribution in [0.25, 0.3) is 10.9 Å². The van der Waals surface area contributed by atoms with Gasteiger partial charge in [0.15, 0.2) is 11.6 Å². The summed E-state index contributed by atoms with van der Waals surface area (Å²) in [6.07, 6.45) is 3.56. The number of aliphatic hydroxyl groups excluding tert-OH is 1. The molecule has 0 radical (unpaired) electrons. The van der Waals surface area contributed by atoms with Crippen LogP contribution in [-0.4, -0.2) is 41.4 Å². The van der Waals surface area contributed by atoms with E-state index in [1.807, 2.05) is 18.2 Å². The summed E-state index contributed by atoms with van der Waals surface area (Å²) in [5.41, 5.74) is -0.0804. The van der Waals surface area contributed by atoms with Gasteiger partial charge in [0, 0.05) is 31.4 Å². The first-order valence-electron chi connectivity index (χ1n) is 11.7. The maximum Gasteiger partial charge on any atom is 0.343 e. The third kappa shape index (κ3) is 4.78. The summed E-state index contributed by atoms with van der Waals surface area (Å²) < 4.78 is 42.3. The zero-order valence-electron chi connectivity index (χ0n) is 19.0. The highest BCUT2D eigenvalue weighted by Gasteiger charge is 2.31. The molecule has 1 aromatic heterocycles. The topological polar surface area (TPSA) is 89.8 Å². The fraction of sp³-hybridized carbons (Fsp3) is 0.385. The molecule has 0 bridgehead atoms. The average Bonchev–Trinajstić information content (AvgIpc) is 3.61. The molecule has 3 aromatic rings. The number of nitrogens with zero attached hydrogens (tertiary/aromatic N) is 1. The molecule has 184 valence electrons. The zero-order valence-corrected chi connectivity index (χ0v) is 19.0. The Morgan fingerprint density at radius 2 is 1.97 bits per heavy atom. The summed E-state index contributed by atoms with van der Waals surface area (Å²) in [5.74, 6) is -3.50. The lowest BCUT2D eigenvalue weighted by atomic mass is 10.1. The van der Waals surface area contributed by atoms with Crippen molar-refractivity contribution in [1.29, 1.82) is 0 Å². The second-order valence-corrected chi connectivity index (χ2v) is 9.17. The van der Waals surface area contributed by atoms with Gasteiger partial charge in [0.2, 0.25) is 11.2 Å². The molecular weight excluding hydrogens is 458 g/mol. The summed E-state index contributed by atoms with van der Waals surface area (Å²) >= 11 is 0. The van der Waals surface area contributed by atoms with E-state index in [0.717, 1.165) is 24.5 Å². The lowest BCUT2D eigenvalue weighted by Crippen LogP contribution is -2.29. The maximum atomic E-state index is 14.9. The third-order valence-corrected chi connectivity index (χ3v) is 6.54. The number of aromatic nitrogens is 1. The van der Waals surface area contributed by atoms with Crippen molar-refractivity contribution in [3.05, 3.63) is 75.6 Å². The number of carbonyl (C=O) groups excluding carboxylic acids is 1. The van der Waals surface area contributed by atoms with E-state index >= 15 is 0 Å². The third-order valence-electron chi connectivity index (χ3n) is 6.54. The van der Waals surface area contributed by atoms with Crippen molar-refractivity contribution >= 4 is 16.9 Å². The Morgan fingerprint density at radius 1 is 1.20 bits per heavy atom. The van der Waals surface area contributed by atoms with Crippen LogP contribution in [0.15, 0.2) is 47.4 Å². The lowest BCUT2D eigenvalue weighted by Gasteiger charge is -2.19. The van der Waals surface area contributed by atoms with Crippen molar-refractivity contribution < 1.29 is 28.2 Å². The van der Waals surface area contributed by atoms with Gasteiger partial charge >= 0.3 is 5.97 Å². The minimum atomic E-state index is -1.23. The van der Waals surface area contributed by atoms with Crippen molar-refractivity contribution in [3.63, 3.8) is 0 Å². The second kappa shape index (κ2) is 9.75. The molecule has 1 saturated heterocycles. The van der Waals surface area contributed by atoms with Gasteiger partial charge in [-0.1, -0.05) is 30.3 Å². The van der Waals surface area contributed by atoms with Gasteiger partial charge in [-0.25, -0.2) is 9.18 Å². The molecule has 2 N–H and O–H groups in total. The van der Waals surface area contributed by atoms with Crippen molar-refractivity contribution in [2.24, 2.45) is 5.92 Å². The van der Waals surface area contributed by atoms with Gasteiger partial charge in [0.1, 0.15) is 18.8 Å². The number of ether oxygens (including phenoxy) is 2. The van der Waals surface area contributed by atoms with E-state index in [1.54, 1.807) is 16.7 Å². The molecule has 5 rings (SSSR count). The molecule has 2 fully saturated rings. The van der Waals surface area contributed by atoms with Gasteiger partial charge in [0.05, 0.1) is 10.9 Å². The first kappa shape index (κ1) is 23.4. The SMILES string of the molecule is O=C(OCc1ccccc1)c1cn(C2CC2)c2c(OC[C@@H]3CC(CO)CN3)c(F)c(F)cc2c1=O. The fourth-order valence-electron chi connectivity index (χ4n) is 4.50. The first-order chi connectivity index (χ1) is 17.0. The van der Waals surface area contributed by atoms with Gasteiger partial charge in [0.25, 0.3) is 0 Å². The largest absolute Gasteiger partial charge is 0.487 e. The first-order valence-corrected chi connectivity index (χ1v) is 11.7. The normalized spacial score (nSPS) is 19.7. The molecule has 1 aliphatic heterocycles. The van der Waals surface area contributed by atoms with E-state index in [4.69, 9.17) is 9.47 Å². The van der Waals surface area contributed by atoms with Crippen LogP contribution in [0.3, 0.4) is 0 Å². The molecular formula is C26H26F2N2O5. The number of halogens is 2. The van der Waals surface area contributed by atoms with E-state index in [2.05, 4.69) is 5.32 Å². The number of nitrogens with one attached hydrogen (secondary N) is 1. The molecule has 9 heteroatoms. The number of fused-ring (bicyclic) bond motifs is 1. The number of rotatable bonds is 8. The highest BCUT2D eigenvalue weighted by molar-refractivity contribution is 5.95. The summed E-state index contributed by atoms with van der Waals surface area (Å²) in [6.45, 7) is 0.672. The molecule has 0 spiro atoms. The number of hydrogen-bond acceptors (Lipinski definition) is 6. The van der Waals surface area contributed by atoms with Crippen LogP contribution < -0.4 is 15.5 Å². The van der Waals surface area contributed by atoms with E-state index < -0.39 is 23.0 Å². The van der Waals surface area contributed by atoms with E-state index in [9.17, 15) is 23.5 Å². The molecule has 2 heterocycles. The monoisotopic (exact) mass is 484 g/mol. The molecule has 0 amide bonds. The number of hydrogen-bond donors (Lipinski definition) is 2. The molecule has 7 nitrogen and oxygen atoms in total. The minimum absolute atomic E-state index is 0.0179. The van der Waals surface area contributed by atoms with E-state index in [-0.39, 0.29) is 60.0 Å². The van der Waals surface area contributed by atoms with E-state index in [0.29, 0.717) is 13.0 Å². The number of benzene rings is 2. The predicted molar refractivity (Wildman–Crippen MR) is 124 cm³/mol. The van der Waals surface area contributed by atoms with Gasteiger partial charge in [-0.2, -0.15) is 4.39 Å². The molecule has 35 heavy (non-hydrogen) atoms. The Morgan fingerprint density at radius 3 is 2.66 bits per heavy atom. The Hall–Kier alpha value is -3.30. The van der Waals surface area contributed by atoms with Gasteiger partial charge in [-0.3, -0.25) is 4.79 Å².